The van der Waals surface area contributed by atoms with E-state index in [9.17, 15) is 39.3 Å². The second-order valence-corrected chi connectivity index (χ2v) is 17.2. The number of ether oxygens (including phenoxy) is 5. The number of esters is 4. The Morgan fingerprint density at radius 2 is 1.51 bits per heavy atom. The highest BCUT2D eigenvalue weighted by molar-refractivity contribution is 5.95. The largest absolute Gasteiger partial charge is 0.456 e. The Morgan fingerprint density at radius 1 is 0.898 bits per heavy atom. The van der Waals surface area contributed by atoms with Crippen molar-refractivity contribution in [2.45, 2.75) is 122 Å². The molecule has 2 aromatic carbocycles. The third-order valence-electron chi connectivity index (χ3n) is 13.0. The smallest absolute Gasteiger partial charge is 0.338 e. The molecule has 0 radical (unpaired) electrons. The Bertz CT molecular complexity index is 2030. The molecule has 1 amide bonds. The normalized spacial score (nSPS) is 33.1. The standard InChI is InChI=1S/C44H53NO14/c1-22(2)38(51)45-32(26-15-11-9-12-16-26)33(49)40(53)57-28-20-44(54)37(58-39(52)27-17-13-10-14-18-27)35-42(8,29(48)19-30-43(35,21-55-30)59-25(5)47)36(50)34(56-24(4)46)31(23(28)3)41(44,6)7/h9-18,22,28-30,32-35,37,48-49,54H,19-21H2,1-8H3,(H,45,51)/t28?,29-,30+,32?,33+,34+,35-,37-,42+,43-,44+/m0/s1. The van der Waals surface area contributed by atoms with Gasteiger partial charge in [0.15, 0.2) is 23.6 Å². The summed E-state index contributed by atoms with van der Waals surface area (Å²) in [6, 6.07) is 14.9. The summed E-state index contributed by atoms with van der Waals surface area (Å²) in [7, 11) is 0. The highest BCUT2D eigenvalue weighted by Crippen LogP contribution is 2.64. The molecule has 0 aromatic heterocycles. The van der Waals surface area contributed by atoms with Gasteiger partial charge in [0.05, 0.1) is 35.6 Å². The van der Waals surface area contributed by atoms with Crippen LogP contribution >= 0.6 is 0 Å². The van der Waals surface area contributed by atoms with E-state index >= 15 is 4.79 Å². The number of aliphatic hydroxyl groups is 3. The number of fused-ring (bicyclic) bond motifs is 5. The molecule has 3 fully saturated rings. The molecule has 0 spiro atoms. The van der Waals surface area contributed by atoms with Crippen LogP contribution in [0.25, 0.3) is 0 Å². The lowest BCUT2D eigenvalue weighted by Crippen LogP contribution is -2.82. The number of carbonyl (C=O) groups is 6. The van der Waals surface area contributed by atoms with E-state index in [2.05, 4.69) is 5.32 Å². The molecular formula is C44H53NO14. The van der Waals surface area contributed by atoms with E-state index in [-0.39, 0.29) is 29.7 Å². The summed E-state index contributed by atoms with van der Waals surface area (Å²) in [5.41, 5.74) is -7.16. The molecule has 1 heterocycles. The summed E-state index contributed by atoms with van der Waals surface area (Å²) in [4.78, 5) is 82.6. The van der Waals surface area contributed by atoms with Gasteiger partial charge in [-0.25, -0.2) is 9.59 Å². The molecule has 6 rings (SSSR count). The van der Waals surface area contributed by atoms with Gasteiger partial charge in [-0.2, -0.15) is 0 Å². The van der Waals surface area contributed by atoms with Crippen molar-refractivity contribution in [2.75, 3.05) is 6.61 Å². The lowest BCUT2D eigenvalue weighted by atomic mass is 9.44. The molecule has 4 aliphatic rings. The monoisotopic (exact) mass is 819 g/mol. The maximum Gasteiger partial charge on any atom is 0.338 e. The van der Waals surface area contributed by atoms with Gasteiger partial charge in [-0.05, 0) is 42.7 Å². The van der Waals surface area contributed by atoms with Crippen LogP contribution in [-0.2, 0) is 47.7 Å². The van der Waals surface area contributed by atoms with Crippen LogP contribution < -0.4 is 5.32 Å². The number of carbonyl (C=O) groups excluding carboxylic acids is 6. The average Bonchev–Trinajstić information content (AvgIpc) is 3.18. The quantitative estimate of drug-likeness (QED) is 0.154. The van der Waals surface area contributed by atoms with Crippen LogP contribution in [-0.4, -0.2) is 105 Å². The highest BCUT2D eigenvalue weighted by atomic mass is 16.6. The number of amides is 1. The first kappa shape index (κ1) is 43.6. The first-order valence-corrected chi connectivity index (χ1v) is 19.8. The van der Waals surface area contributed by atoms with Crippen molar-refractivity contribution in [3.63, 3.8) is 0 Å². The summed E-state index contributed by atoms with van der Waals surface area (Å²) >= 11 is 0. The maximum atomic E-state index is 15.4. The van der Waals surface area contributed by atoms with E-state index in [1.807, 2.05) is 0 Å². The lowest BCUT2D eigenvalue weighted by molar-refractivity contribution is -0.346. The van der Waals surface area contributed by atoms with Gasteiger partial charge in [0, 0.05) is 38.0 Å². The molecule has 2 aromatic rings. The maximum absolute atomic E-state index is 15.4. The molecule has 2 saturated carbocycles. The van der Waals surface area contributed by atoms with E-state index in [0.29, 0.717) is 5.56 Å². The summed E-state index contributed by atoms with van der Waals surface area (Å²) < 4.78 is 30.2. The van der Waals surface area contributed by atoms with Crippen LogP contribution in [0.2, 0.25) is 0 Å². The van der Waals surface area contributed by atoms with E-state index < -0.39 is 119 Å². The van der Waals surface area contributed by atoms with Crippen LogP contribution in [0.5, 0.6) is 0 Å². The lowest BCUT2D eigenvalue weighted by Gasteiger charge is -2.67. The Balaban J connectivity index is 1.56. The van der Waals surface area contributed by atoms with Gasteiger partial charge in [-0.3, -0.25) is 19.2 Å². The fourth-order valence-electron chi connectivity index (χ4n) is 9.69. The third-order valence-corrected chi connectivity index (χ3v) is 13.0. The van der Waals surface area contributed by atoms with Crippen LogP contribution in [0.4, 0.5) is 0 Å². The number of benzene rings is 2. The van der Waals surface area contributed by atoms with E-state index in [0.717, 1.165) is 13.8 Å². The number of rotatable bonds is 10. The minimum atomic E-state index is -2.37. The second-order valence-electron chi connectivity index (χ2n) is 17.2. The minimum Gasteiger partial charge on any atom is -0.456 e. The minimum absolute atomic E-state index is 0.00705. The van der Waals surface area contributed by atoms with Crippen molar-refractivity contribution in [1.82, 2.24) is 5.32 Å². The number of nitrogens with one attached hydrogen (secondary N) is 1. The van der Waals surface area contributed by atoms with Crippen molar-refractivity contribution in [3.05, 3.63) is 82.9 Å². The molecule has 1 aliphatic heterocycles. The van der Waals surface area contributed by atoms with Crippen LogP contribution in [0.3, 0.4) is 0 Å². The molecule has 3 aliphatic carbocycles. The summed E-state index contributed by atoms with van der Waals surface area (Å²) in [5.74, 6) is -7.15. The molecule has 4 N–H and O–H groups in total. The molecule has 59 heavy (non-hydrogen) atoms. The number of aliphatic hydroxyl groups excluding tert-OH is 2. The van der Waals surface area contributed by atoms with E-state index in [1.165, 1.54) is 26.0 Å². The average molecular weight is 820 g/mol. The Kier molecular flexibility index (Phi) is 11.8. The Labute approximate surface area is 342 Å². The van der Waals surface area contributed by atoms with Gasteiger partial charge in [-0.15, -0.1) is 0 Å². The van der Waals surface area contributed by atoms with E-state index in [1.54, 1.807) is 76.2 Å². The van der Waals surface area contributed by atoms with Crippen molar-refractivity contribution >= 4 is 35.6 Å². The van der Waals surface area contributed by atoms with Gasteiger partial charge in [0.25, 0.3) is 0 Å². The van der Waals surface area contributed by atoms with Crippen molar-refractivity contribution in [2.24, 2.45) is 22.7 Å². The van der Waals surface area contributed by atoms with Crippen molar-refractivity contribution < 1.29 is 67.8 Å². The first-order chi connectivity index (χ1) is 27.6. The first-order valence-electron chi connectivity index (χ1n) is 19.8. The SMILES string of the molecule is CC(=O)O[C@H]1C(=O)[C@@]2(C)[C@H]([C@H](OC(=O)c3ccccc3)[C@]3(O)CC(OC(=O)[C@H](O)C(NC(=O)C(C)C)c4ccccc4)C(C)=C1C3(C)C)[C@]1(OC(C)=O)CO[C@@H]1C[C@@H]2O. The predicted octanol–water partition coefficient (Wildman–Crippen LogP) is 3.08. The van der Waals surface area contributed by atoms with Crippen LogP contribution in [0.15, 0.2) is 71.8 Å². The number of hydrogen-bond donors (Lipinski definition) is 4. The summed E-state index contributed by atoms with van der Waals surface area (Å²) in [6.45, 7) is 11.3. The third kappa shape index (κ3) is 7.25. The molecule has 318 valence electrons. The molecular weight excluding hydrogens is 766 g/mol. The van der Waals surface area contributed by atoms with Gasteiger partial charge < -0.3 is 44.3 Å². The number of ketones is 1. The fraction of sp³-hybridized carbons (Fsp3) is 0.545. The Hall–Kier alpha value is -4.96. The zero-order valence-corrected chi connectivity index (χ0v) is 34.4. The van der Waals surface area contributed by atoms with Gasteiger partial charge >= 0.3 is 23.9 Å². The van der Waals surface area contributed by atoms with Crippen molar-refractivity contribution in [1.29, 1.82) is 0 Å². The number of Topliss-reactive ketones (excluding diaryl/α,β-unsaturated/α-hetero) is 1. The molecule has 2 bridgehead atoms. The zero-order valence-electron chi connectivity index (χ0n) is 34.4. The highest BCUT2D eigenvalue weighted by Gasteiger charge is 2.78. The van der Waals surface area contributed by atoms with Crippen LogP contribution in [0.1, 0.15) is 90.2 Å². The molecule has 15 nitrogen and oxygen atoms in total. The van der Waals surface area contributed by atoms with Gasteiger partial charge in [0.2, 0.25) is 5.91 Å². The fourth-order valence-corrected chi connectivity index (χ4v) is 9.69. The van der Waals surface area contributed by atoms with Gasteiger partial charge in [0.1, 0.15) is 23.9 Å². The zero-order chi connectivity index (χ0) is 43.4. The topological polar surface area (TPSA) is 221 Å². The van der Waals surface area contributed by atoms with Crippen LogP contribution in [0, 0.1) is 22.7 Å². The molecule has 2 unspecified atom stereocenters. The molecule has 1 saturated heterocycles. The predicted molar refractivity (Wildman–Crippen MR) is 207 cm³/mol. The summed E-state index contributed by atoms with van der Waals surface area (Å²) in [6.07, 6.45) is -10.4. The van der Waals surface area contributed by atoms with E-state index in [4.69, 9.17) is 23.7 Å². The molecule has 11 atom stereocenters. The van der Waals surface area contributed by atoms with Crippen molar-refractivity contribution in [3.8, 4) is 0 Å². The second kappa shape index (κ2) is 15.9. The Morgan fingerprint density at radius 3 is 2.05 bits per heavy atom. The summed E-state index contributed by atoms with van der Waals surface area (Å²) in [5, 5.41) is 39.9. The van der Waals surface area contributed by atoms with Gasteiger partial charge in [-0.1, -0.05) is 76.2 Å². The molecule has 15 heteroatoms. The number of hydrogen-bond acceptors (Lipinski definition) is 14.